The minimum absolute atomic E-state index is 0.113. The highest BCUT2D eigenvalue weighted by Gasteiger charge is 2.29. The Hall–Kier alpha value is -2.79. The fourth-order valence-electron chi connectivity index (χ4n) is 4.86. The van der Waals surface area contributed by atoms with Crippen molar-refractivity contribution < 1.29 is 24.1 Å². The molecular weight excluding hydrogens is 416 g/mol. The zero-order valence-corrected chi connectivity index (χ0v) is 20.0. The Morgan fingerprint density at radius 2 is 1.97 bits per heavy atom. The molecular formula is C28H34O5. The highest BCUT2D eigenvalue weighted by atomic mass is 16.5. The highest BCUT2D eigenvalue weighted by Crippen LogP contribution is 2.43. The van der Waals surface area contributed by atoms with Crippen LogP contribution in [0.5, 0.6) is 17.2 Å². The maximum Gasteiger partial charge on any atom is 0.346 e. The van der Waals surface area contributed by atoms with Crippen molar-refractivity contribution in [2.75, 3.05) is 7.11 Å². The van der Waals surface area contributed by atoms with E-state index < -0.39 is 12.1 Å². The van der Waals surface area contributed by atoms with Crippen LogP contribution >= 0.6 is 0 Å². The summed E-state index contributed by atoms with van der Waals surface area (Å²) in [5.41, 5.74) is 3.68. The standard InChI is InChI=1S/C28H34O5/c1-17(2)13-23(29)22-11-12-24-25(27(22)31-4)28(30)32-16-21-15-18(3)14-20(26(21)33-24)10-9-19-7-5-6-8-19/h9-12,14-15,17,19,23,29H,5-8,13,16H2,1-4H3/b10-9+. The Morgan fingerprint density at radius 1 is 1.21 bits per heavy atom. The van der Waals surface area contributed by atoms with E-state index in [1.165, 1.54) is 32.8 Å². The molecule has 0 radical (unpaired) electrons. The van der Waals surface area contributed by atoms with Crippen molar-refractivity contribution in [3.63, 3.8) is 0 Å². The lowest BCUT2D eigenvalue weighted by atomic mass is 9.96. The number of cyclic esters (lactones) is 1. The van der Waals surface area contributed by atoms with Gasteiger partial charge in [-0.3, -0.25) is 0 Å². The van der Waals surface area contributed by atoms with Gasteiger partial charge in [-0.05, 0) is 67.9 Å². The molecule has 1 aliphatic carbocycles. The summed E-state index contributed by atoms with van der Waals surface area (Å²) in [5, 5.41) is 10.7. The molecule has 2 aromatic carbocycles. The first kappa shape index (κ1) is 23.4. The van der Waals surface area contributed by atoms with Gasteiger partial charge in [0.05, 0.1) is 13.2 Å². The highest BCUT2D eigenvalue weighted by molar-refractivity contribution is 5.96. The average molecular weight is 451 g/mol. The lowest BCUT2D eigenvalue weighted by Gasteiger charge is -2.24. The quantitative estimate of drug-likeness (QED) is 0.493. The second kappa shape index (κ2) is 10.0. The Morgan fingerprint density at radius 3 is 2.67 bits per heavy atom. The number of fused-ring (bicyclic) bond motifs is 2. The number of methoxy groups -OCH3 is 1. The van der Waals surface area contributed by atoms with E-state index in [1.807, 2.05) is 26.8 Å². The number of hydrogen-bond acceptors (Lipinski definition) is 5. The predicted octanol–water partition coefficient (Wildman–Crippen LogP) is 6.75. The number of rotatable bonds is 6. The summed E-state index contributed by atoms with van der Waals surface area (Å²) < 4.78 is 17.7. The van der Waals surface area contributed by atoms with Crippen LogP contribution in [0.1, 0.15) is 84.7 Å². The van der Waals surface area contributed by atoms with Crippen molar-refractivity contribution in [3.05, 3.63) is 58.2 Å². The van der Waals surface area contributed by atoms with Crippen molar-refractivity contribution >= 4 is 12.0 Å². The number of aliphatic hydroxyl groups is 1. The van der Waals surface area contributed by atoms with Gasteiger partial charge in [0.2, 0.25) is 0 Å². The van der Waals surface area contributed by atoms with Crippen LogP contribution in [0.4, 0.5) is 0 Å². The molecule has 33 heavy (non-hydrogen) atoms. The Kier molecular flexibility index (Phi) is 7.08. The van der Waals surface area contributed by atoms with E-state index in [9.17, 15) is 9.90 Å². The summed E-state index contributed by atoms with van der Waals surface area (Å²) in [7, 11) is 1.50. The molecule has 176 valence electrons. The molecule has 0 saturated heterocycles. The van der Waals surface area contributed by atoms with Crippen LogP contribution in [0.25, 0.3) is 6.08 Å². The van der Waals surface area contributed by atoms with Crippen LogP contribution in [0, 0.1) is 18.8 Å². The van der Waals surface area contributed by atoms with Crippen molar-refractivity contribution in [2.24, 2.45) is 11.8 Å². The number of ether oxygens (including phenoxy) is 3. The van der Waals surface area contributed by atoms with Crippen LogP contribution in [0.2, 0.25) is 0 Å². The summed E-state index contributed by atoms with van der Waals surface area (Å²) in [6.45, 7) is 6.23. The molecule has 0 spiro atoms. The molecule has 2 aliphatic rings. The lowest BCUT2D eigenvalue weighted by Crippen LogP contribution is -2.15. The maximum atomic E-state index is 13.0. The van der Waals surface area contributed by atoms with Gasteiger partial charge in [-0.2, -0.15) is 0 Å². The van der Waals surface area contributed by atoms with Gasteiger partial charge in [0.15, 0.2) is 0 Å². The Bertz CT molecular complexity index is 1050. The molecule has 1 heterocycles. The Balaban J connectivity index is 1.77. The monoisotopic (exact) mass is 450 g/mol. The predicted molar refractivity (Wildman–Crippen MR) is 129 cm³/mol. The molecule has 1 N–H and O–H groups in total. The van der Waals surface area contributed by atoms with Gasteiger partial charge < -0.3 is 19.3 Å². The minimum atomic E-state index is -0.747. The van der Waals surface area contributed by atoms with Crippen LogP contribution < -0.4 is 9.47 Å². The Labute approximate surface area is 196 Å². The number of carbonyl (C=O) groups is 1. The number of esters is 1. The fraction of sp³-hybridized carbons (Fsp3) is 0.464. The van der Waals surface area contributed by atoms with Gasteiger partial charge >= 0.3 is 5.97 Å². The van der Waals surface area contributed by atoms with Crippen molar-refractivity contribution in [1.29, 1.82) is 0 Å². The van der Waals surface area contributed by atoms with E-state index in [2.05, 4.69) is 18.2 Å². The summed E-state index contributed by atoms with van der Waals surface area (Å²) in [6, 6.07) is 7.61. The molecule has 1 atom stereocenters. The number of benzene rings is 2. The SMILES string of the molecule is COc1c(C(O)CC(C)C)ccc2c1C(=O)OCc1cc(C)cc(/C=C/C3CCCC3)c1O2. The fourth-order valence-corrected chi connectivity index (χ4v) is 4.86. The van der Waals surface area contributed by atoms with E-state index in [0.29, 0.717) is 41.1 Å². The van der Waals surface area contributed by atoms with E-state index in [4.69, 9.17) is 14.2 Å². The number of carbonyl (C=O) groups excluding carboxylic acids is 1. The molecule has 1 unspecified atom stereocenters. The molecule has 0 bridgehead atoms. The first-order valence-electron chi connectivity index (χ1n) is 11.9. The molecule has 4 rings (SSSR count). The van der Waals surface area contributed by atoms with Crippen LogP contribution in [0.15, 0.2) is 30.3 Å². The molecule has 1 fully saturated rings. The van der Waals surface area contributed by atoms with E-state index in [0.717, 1.165) is 16.7 Å². The van der Waals surface area contributed by atoms with E-state index >= 15 is 0 Å². The maximum absolute atomic E-state index is 13.0. The van der Waals surface area contributed by atoms with Crippen molar-refractivity contribution in [3.8, 4) is 17.2 Å². The third-order valence-corrected chi connectivity index (χ3v) is 6.47. The second-order valence-electron chi connectivity index (χ2n) is 9.63. The third-order valence-electron chi connectivity index (χ3n) is 6.47. The molecule has 1 saturated carbocycles. The minimum Gasteiger partial charge on any atom is -0.495 e. The average Bonchev–Trinajstić information content (AvgIpc) is 3.29. The molecule has 5 nitrogen and oxygen atoms in total. The van der Waals surface area contributed by atoms with Gasteiger partial charge in [0, 0.05) is 16.7 Å². The van der Waals surface area contributed by atoms with Crippen LogP contribution in [-0.2, 0) is 11.3 Å². The number of allylic oxidation sites excluding steroid dienone is 1. The van der Waals surface area contributed by atoms with Gasteiger partial charge in [0.25, 0.3) is 0 Å². The first-order chi connectivity index (χ1) is 15.9. The van der Waals surface area contributed by atoms with E-state index in [-0.39, 0.29) is 12.2 Å². The van der Waals surface area contributed by atoms with Crippen molar-refractivity contribution in [2.45, 2.75) is 65.6 Å². The summed E-state index contributed by atoms with van der Waals surface area (Å²) in [4.78, 5) is 13.0. The largest absolute Gasteiger partial charge is 0.495 e. The zero-order chi connectivity index (χ0) is 23.5. The van der Waals surface area contributed by atoms with E-state index in [1.54, 1.807) is 12.1 Å². The number of hydrogen-bond donors (Lipinski definition) is 1. The topological polar surface area (TPSA) is 65.0 Å². The van der Waals surface area contributed by atoms with Crippen LogP contribution in [0.3, 0.4) is 0 Å². The lowest BCUT2D eigenvalue weighted by molar-refractivity contribution is 0.0454. The summed E-state index contributed by atoms with van der Waals surface area (Å²) in [6.07, 6.45) is 9.25. The van der Waals surface area contributed by atoms with Crippen molar-refractivity contribution in [1.82, 2.24) is 0 Å². The molecule has 2 aromatic rings. The van der Waals surface area contributed by atoms with Gasteiger partial charge in [-0.1, -0.05) is 38.8 Å². The zero-order valence-electron chi connectivity index (χ0n) is 20.0. The van der Waals surface area contributed by atoms with Crippen LogP contribution in [-0.4, -0.2) is 18.2 Å². The normalized spacial score (nSPS) is 17.2. The molecule has 0 aromatic heterocycles. The molecule has 5 heteroatoms. The van der Waals surface area contributed by atoms with Gasteiger partial charge in [-0.25, -0.2) is 4.79 Å². The first-order valence-corrected chi connectivity index (χ1v) is 11.9. The smallest absolute Gasteiger partial charge is 0.346 e. The number of aryl methyl sites for hydroxylation is 1. The van der Waals surface area contributed by atoms with Gasteiger partial charge in [0.1, 0.15) is 29.4 Å². The third kappa shape index (κ3) is 5.09. The molecule has 0 amide bonds. The second-order valence-corrected chi connectivity index (χ2v) is 9.63. The van der Waals surface area contributed by atoms with Gasteiger partial charge in [-0.15, -0.1) is 0 Å². The summed E-state index contributed by atoms with van der Waals surface area (Å²) >= 11 is 0. The molecule has 1 aliphatic heterocycles. The number of aliphatic hydroxyl groups excluding tert-OH is 1. The summed E-state index contributed by atoms with van der Waals surface area (Å²) in [5.74, 6) is 1.75.